The Morgan fingerprint density at radius 1 is 1.52 bits per heavy atom. The number of carbonyl (C=O) groups is 1. The van der Waals surface area contributed by atoms with E-state index in [1.165, 1.54) is 0 Å². The SMILES string of the molecule is CN(CC(=O)Nc1ccc(N)cc1Br)C1CCS(=O)(=O)C1. The first-order valence-electron chi connectivity index (χ1n) is 6.52. The largest absolute Gasteiger partial charge is 0.399 e. The third kappa shape index (κ3) is 4.42. The van der Waals surface area contributed by atoms with Gasteiger partial charge in [-0.2, -0.15) is 0 Å². The van der Waals surface area contributed by atoms with Crippen molar-refractivity contribution in [1.29, 1.82) is 0 Å². The lowest BCUT2D eigenvalue weighted by Gasteiger charge is -2.22. The Balaban J connectivity index is 1.92. The number of carbonyl (C=O) groups excluding carboxylic acids is 1. The van der Waals surface area contributed by atoms with Crippen LogP contribution < -0.4 is 11.1 Å². The second-order valence-electron chi connectivity index (χ2n) is 5.26. The predicted octanol–water partition coefficient (Wildman–Crippen LogP) is 1.09. The van der Waals surface area contributed by atoms with E-state index in [0.29, 0.717) is 22.3 Å². The van der Waals surface area contributed by atoms with Gasteiger partial charge in [-0.25, -0.2) is 8.42 Å². The molecule has 3 N–H and O–H groups in total. The minimum absolute atomic E-state index is 0.0874. The van der Waals surface area contributed by atoms with Gasteiger partial charge >= 0.3 is 0 Å². The summed E-state index contributed by atoms with van der Waals surface area (Å²) in [6.07, 6.45) is 0.581. The van der Waals surface area contributed by atoms with Crippen LogP contribution in [0.15, 0.2) is 22.7 Å². The molecule has 6 nitrogen and oxygen atoms in total. The van der Waals surface area contributed by atoms with Crippen LogP contribution in [-0.2, 0) is 14.6 Å². The van der Waals surface area contributed by atoms with E-state index in [1.54, 1.807) is 30.1 Å². The summed E-state index contributed by atoms with van der Waals surface area (Å²) in [5, 5.41) is 2.78. The summed E-state index contributed by atoms with van der Waals surface area (Å²) in [4.78, 5) is 13.8. The van der Waals surface area contributed by atoms with Crippen LogP contribution in [0.4, 0.5) is 11.4 Å². The number of hydrogen-bond acceptors (Lipinski definition) is 5. The molecule has 1 fully saturated rings. The van der Waals surface area contributed by atoms with Crippen molar-refractivity contribution in [3.63, 3.8) is 0 Å². The number of benzene rings is 1. The van der Waals surface area contributed by atoms with Gasteiger partial charge in [0.1, 0.15) is 0 Å². The molecule has 0 saturated carbocycles. The summed E-state index contributed by atoms with van der Waals surface area (Å²) in [5.41, 5.74) is 6.88. The first-order valence-corrected chi connectivity index (χ1v) is 9.14. The minimum Gasteiger partial charge on any atom is -0.399 e. The average Bonchev–Trinajstić information content (AvgIpc) is 2.73. The first kappa shape index (κ1) is 16.3. The van der Waals surface area contributed by atoms with Crippen molar-refractivity contribution in [3.8, 4) is 0 Å². The number of nitrogens with one attached hydrogen (secondary N) is 1. The summed E-state index contributed by atoms with van der Waals surface area (Å²) in [6.45, 7) is 0.150. The molecule has 1 aliphatic rings. The molecule has 2 rings (SSSR count). The van der Waals surface area contributed by atoms with Gasteiger partial charge in [0.05, 0.1) is 23.7 Å². The maximum Gasteiger partial charge on any atom is 0.238 e. The van der Waals surface area contributed by atoms with Gasteiger partial charge in [0, 0.05) is 16.2 Å². The molecule has 0 bridgehead atoms. The van der Waals surface area contributed by atoms with Crippen LogP contribution in [-0.4, -0.2) is 50.4 Å². The van der Waals surface area contributed by atoms with E-state index in [9.17, 15) is 13.2 Å². The van der Waals surface area contributed by atoms with E-state index in [1.807, 2.05) is 0 Å². The number of nitrogens with two attached hydrogens (primary N) is 1. The summed E-state index contributed by atoms with van der Waals surface area (Å²) in [6, 6.07) is 5.05. The standard InChI is InChI=1S/C13H18BrN3O3S/c1-17(10-4-5-21(19,20)8-10)7-13(18)16-12-3-2-9(15)6-11(12)14/h2-3,6,10H,4-5,7-8,15H2,1H3,(H,16,18). The third-order valence-electron chi connectivity index (χ3n) is 3.49. The zero-order chi connectivity index (χ0) is 15.6. The second kappa shape index (κ2) is 6.33. The lowest BCUT2D eigenvalue weighted by molar-refractivity contribution is -0.117. The Morgan fingerprint density at radius 2 is 2.24 bits per heavy atom. The van der Waals surface area contributed by atoms with Crippen LogP contribution >= 0.6 is 15.9 Å². The molecule has 1 amide bonds. The Hall–Kier alpha value is -1.12. The van der Waals surface area contributed by atoms with Crippen LogP contribution in [0.5, 0.6) is 0 Å². The number of sulfone groups is 1. The molecule has 0 aromatic heterocycles. The van der Waals surface area contributed by atoms with Crippen LogP contribution in [0.3, 0.4) is 0 Å². The highest BCUT2D eigenvalue weighted by Crippen LogP contribution is 2.24. The van der Waals surface area contributed by atoms with Crippen molar-refractivity contribution in [2.75, 3.05) is 36.1 Å². The minimum atomic E-state index is -2.94. The molecular formula is C13H18BrN3O3S. The Bertz CT molecular complexity index is 648. The maximum atomic E-state index is 12.0. The molecule has 1 aromatic carbocycles. The molecule has 8 heteroatoms. The summed E-state index contributed by atoms with van der Waals surface area (Å²) < 4.78 is 23.6. The molecule has 1 atom stereocenters. The average molecular weight is 376 g/mol. The number of nitrogens with zero attached hydrogens (tertiary/aromatic N) is 1. The summed E-state index contributed by atoms with van der Waals surface area (Å²) in [7, 11) is -1.17. The smallest absolute Gasteiger partial charge is 0.238 e. The van der Waals surface area contributed by atoms with E-state index in [2.05, 4.69) is 21.2 Å². The molecular weight excluding hydrogens is 358 g/mol. The van der Waals surface area contributed by atoms with Crippen molar-refractivity contribution in [2.45, 2.75) is 12.5 Å². The van der Waals surface area contributed by atoms with Crippen LogP contribution in [0.25, 0.3) is 0 Å². The molecule has 0 radical (unpaired) electrons. The van der Waals surface area contributed by atoms with E-state index < -0.39 is 9.84 Å². The van der Waals surface area contributed by atoms with Crippen molar-refractivity contribution in [1.82, 2.24) is 4.90 Å². The fraction of sp³-hybridized carbons (Fsp3) is 0.462. The summed E-state index contributed by atoms with van der Waals surface area (Å²) >= 11 is 3.34. The van der Waals surface area contributed by atoms with Gasteiger partial charge in [-0.3, -0.25) is 9.69 Å². The number of halogens is 1. The van der Waals surface area contributed by atoms with Crippen LogP contribution in [0.1, 0.15) is 6.42 Å². The topological polar surface area (TPSA) is 92.5 Å². The number of rotatable bonds is 4. The fourth-order valence-corrected chi connectivity index (χ4v) is 4.60. The number of hydrogen-bond donors (Lipinski definition) is 2. The van der Waals surface area contributed by atoms with Gasteiger partial charge in [0.15, 0.2) is 9.84 Å². The Labute approximate surface area is 132 Å². The zero-order valence-electron chi connectivity index (χ0n) is 11.7. The van der Waals surface area contributed by atoms with Crippen molar-refractivity contribution in [3.05, 3.63) is 22.7 Å². The quantitative estimate of drug-likeness (QED) is 0.768. The summed E-state index contributed by atoms with van der Waals surface area (Å²) in [5.74, 6) is 0.141. The molecule has 1 aromatic rings. The first-order chi connectivity index (χ1) is 9.77. The molecule has 1 aliphatic heterocycles. The highest BCUT2D eigenvalue weighted by atomic mass is 79.9. The van der Waals surface area contributed by atoms with Gasteiger partial charge in [-0.15, -0.1) is 0 Å². The number of likely N-dealkylation sites (N-methyl/N-ethyl adjacent to an activating group) is 1. The predicted molar refractivity (Wildman–Crippen MR) is 86.9 cm³/mol. The van der Waals surface area contributed by atoms with E-state index >= 15 is 0 Å². The lowest BCUT2D eigenvalue weighted by Crippen LogP contribution is -2.38. The van der Waals surface area contributed by atoms with Gasteiger partial charge in [0.2, 0.25) is 5.91 Å². The molecule has 1 heterocycles. The Kier molecular flexibility index (Phi) is 4.90. The third-order valence-corrected chi connectivity index (χ3v) is 5.90. The van der Waals surface area contributed by atoms with Gasteiger partial charge in [0.25, 0.3) is 0 Å². The lowest BCUT2D eigenvalue weighted by atomic mass is 10.2. The molecule has 1 saturated heterocycles. The second-order valence-corrected chi connectivity index (χ2v) is 8.34. The van der Waals surface area contributed by atoms with E-state index in [4.69, 9.17) is 5.73 Å². The van der Waals surface area contributed by atoms with E-state index in [-0.39, 0.29) is 30.0 Å². The van der Waals surface area contributed by atoms with Gasteiger partial charge in [-0.1, -0.05) is 0 Å². The number of amides is 1. The molecule has 21 heavy (non-hydrogen) atoms. The molecule has 1 unspecified atom stereocenters. The highest BCUT2D eigenvalue weighted by molar-refractivity contribution is 9.10. The van der Waals surface area contributed by atoms with Gasteiger partial charge < -0.3 is 11.1 Å². The number of anilines is 2. The molecule has 0 aliphatic carbocycles. The van der Waals surface area contributed by atoms with Gasteiger partial charge in [-0.05, 0) is 47.6 Å². The highest BCUT2D eigenvalue weighted by Gasteiger charge is 2.31. The zero-order valence-corrected chi connectivity index (χ0v) is 14.1. The van der Waals surface area contributed by atoms with Crippen LogP contribution in [0, 0.1) is 0 Å². The maximum absolute atomic E-state index is 12.0. The van der Waals surface area contributed by atoms with Crippen LogP contribution in [0.2, 0.25) is 0 Å². The normalized spacial score (nSPS) is 20.6. The number of nitrogen functional groups attached to an aromatic ring is 1. The fourth-order valence-electron chi connectivity index (χ4n) is 2.30. The monoisotopic (exact) mass is 375 g/mol. The van der Waals surface area contributed by atoms with Crippen molar-refractivity contribution in [2.24, 2.45) is 0 Å². The van der Waals surface area contributed by atoms with E-state index in [0.717, 1.165) is 0 Å². The van der Waals surface area contributed by atoms with Crippen molar-refractivity contribution >= 4 is 43.0 Å². The Morgan fingerprint density at radius 3 is 2.81 bits per heavy atom. The molecule has 0 spiro atoms. The molecule has 116 valence electrons. The van der Waals surface area contributed by atoms with Crippen molar-refractivity contribution < 1.29 is 13.2 Å².